The van der Waals surface area contributed by atoms with Gasteiger partial charge in [-0.3, -0.25) is 4.79 Å². The number of unbranched alkanes of at least 4 members (excludes halogenated alkanes) is 12. The van der Waals surface area contributed by atoms with Crippen LogP contribution >= 0.6 is 0 Å². The zero-order valence-electron chi connectivity index (χ0n) is 17.4. The first-order valence-corrected chi connectivity index (χ1v) is 11.4. The van der Waals surface area contributed by atoms with Gasteiger partial charge in [-0.2, -0.15) is 0 Å². The number of carboxylic acids is 1. The molecule has 0 aromatic rings. The Morgan fingerprint density at radius 3 is 1.40 bits per heavy atom. The largest absolute Gasteiger partial charge is 0.481 e. The Labute approximate surface area is 158 Å². The van der Waals surface area contributed by atoms with E-state index in [-0.39, 0.29) is 0 Å². The molecular weight excluding hydrogens is 308 g/mol. The summed E-state index contributed by atoms with van der Waals surface area (Å²) in [5.74, 6) is 0.202. The van der Waals surface area contributed by atoms with Crippen molar-refractivity contribution in [1.29, 1.82) is 0 Å². The molecular formula is C23H46O2. The van der Waals surface area contributed by atoms with Gasteiger partial charge in [-0.15, -0.1) is 0 Å². The zero-order chi connectivity index (χ0) is 18.6. The Balaban J connectivity index is 3.71. The van der Waals surface area contributed by atoms with Crippen molar-refractivity contribution in [2.24, 2.45) is 5.92 Å². The molecule has 150 valence electrons. The summed E-state index contributed by atoms with van der Waals surface area (Å²) >= 11 is 0. The van der Waals surface area contributed by atoms with Crippen molar-refractivity contribution in [2.75, 3.05) is 0 Å². The van der Waals surface area contributed by atoms with Crippen LogP contribution in [0.3, 0.4) is 0 Å². The molecule has 1 N–H and O–H groups in total. The van der Waals surface area contributed by atoms with Crippen molar-refractivity contribution < 1.29 is 9.90 Å². The SMILES string of the molecule is CCCCCCCCCCCC(CCCCCC)CCCCC(=O)O. The predicted molar refractivity (Wildman–Crippen MR) is 110 cm³/mol. The molecule has 0 fully saturated rings. The summed E-state index contributed by atoms with van der Waals surface area (Å²) < 4.78 is 0. The molecule has 0 radical (unpaired) electrons. The molecule has 0 rings (SSSR count). The summed E-state index contributed by atoms with van der Waals surface area (Å²) in [4.78, 5) is 10.6. The van der Waals surface area contributed by atoms with Crippen LogP contribution < -0.4 is 0 Å². The molecule has 0 aromatic heterocycles. The molecule has 0 spiro atoms. The van der Waals surface area contributed by atoms with Gasteiger partial charge in [0.1, 0.15) is 0 Å². The molecule has 0 saturated heterocycles. The van der Waals surface area contributed by atoms with Gasteiger partial charge in [0.25, 0.3) is 0 Å². The fourth-order valence-electron chi connectivity index (χ4n) is 3.75. The molecule has 2 heteroatoms. The normalized spacial score (nSPS) is 12.4. The number of aliphatic carboxylic acids is 1. The summed E-state index contributed by atoms with van der Waals surface area (Å²) in [6.45, 7) is 4.55. The lowest BCUT2D eigenvalue weighted by Gasteiger charge is -2.16. The average molecular weight is 355 g/mol. The van der Waals surface area contributed by atoms with E-state index in [0.717, 1.165) is 18.8 Å². The van der Waals surface area contributed by atoms with Crippen molar-refractivity contribution in [2.45, 2.75) is 136 Å². The lowest BCUT2D eigenvalue weighted by atomic mass is 9.89. The van der Waals surface area contributed by atoms with E-state index in [1.165, 1.54) is 103 Å². The van der Waals surface area contributed by atoms with Crippen molar-refractivity contribution in [3.8, 4) is 0 Å². The van der Waals surface area contributed by atoms with E-state index >= 15 is 0 Å². The predicted octanol–water partition coefficient (Wildman–Crippen LogP) is 8.14. The van der Waals surface area contributed by atoms with Crippen LogP contribution in [0.2, 0.25) is 0 Å². The van der Waals surface area contributed by atoms with Crippen LogP contribution in [0.4, 0.5) is 0 Å². The van der Waals surface area contributed by atoms with Crippen LogP contribution in [0.25, 0.3) is 0 Å². The standard InChI is InChI=1S/C23H46O2/c1-3-5-7-9-10-11-12-13-15-19-22(18-14-8-6-4-2)20-16-17-21-23(24)25/h22H,3-21H2,1-2H3,(H,24,25). The molecule has 0 aliphatic rings. The van der Waals surface area contributed by atoms with Gasteiger partial charge in [-0.25, -0.2) is 0 Å². The van der Waals surface area contributed by atoms with E-state index in [2.05, 4.69) is 13.8 Å². The summed E-state index contributed by atoms with van der Waals surface area (Å²) in [5, 5.41) is 8.77. The first-order valence-electron chi connectivity index (χ1n) is 11.4. The lowest BCUT2D eigenvalue weighted by Crippen LogP contribution is -2.02. The van der Waals surface area contributed by atoms with Gasteiger partial charge in [0, 0.05) is 6.42 Å². The molecule has 0 heterocycles. The molecule has 0 aromatic carbocycles. The Kier molecular flexibility index (Phi) is 19.4. The molecule has 1 atom stereocenters. The van der Waals surface area contributed by atoms with Crippen molar-refractivity contribution >= 4 is 5.97 Å². The molecule has 0 aliphatic heterocycles. The third-order valence-corrected chi connectivity index (χ3v) is 5.43. The molecule has 0 saturated carbocycles. The quantitative estimate of drug-likeness (QED) is 0.224. The van der Waals surface area contributed by atoms with E-state index in [9.17, 15) is 4.79 Å². The maximum atomic E-state index is 10.6. The fourth-order valence-corrected chi connectivity index (χ4v) is 3.75. The third-order valence-electron chi connectivity index (χ3n) is 5.43. The van der Waals surface area contributed by atoms with Gasteiger partial charge in [0.15, 0.2) is 0 Å². The minimum Gasteiger partial charge on any atom is -0.481 e. The first kappa shape index (κ1) is 24.5. The fraction of sp³-hybridized carbons (Fsp3) is 0.957. The molecule has 0 amide bonds. The minimum atomic E-state index is -0.640. The summed E-state index contributed by atoms with van der Waals surface area (Å²) in [5.41, 5.74) is 0. The van der Waals surface area contributed by atoms with E-state index in [4.69, 9.17) is 5.11 Å². The van der Waals surface area contributed by atoms with Gasteiger partial charge in [-0.05, 0) is 12.3 Å². The van der Waals surface area contributed by atoms with Crippen LogP contribution in [0.1, 0.15) is 136 Å². The van der Waals surface area contributed by atoms with Crippen molar-refractivity contribution in [3.05, 3.63) is 0 Å². The molecule has 0 bridgehead atoms. The van der Waals surface area contributed by atoms with Gasteiger partial charge < -0.3 is 5.11 Å². The Bertz CT molecular complexity index is 275. The topological polar surface area (TPSA) is 37.3 Å². The van der Waals surface area contributed by atoms with Crippen LogP contribution in [-0.4, -0.2) is 11.1 Å². The number of hydrogen-bond acceptors (Lipinski definition) is 1. The van der Waals surface area contributed by atoms with Crippen molar-refractivity contribution in [1.82, 2.24) is 0 Å². The highest BCUT2D eigenvalue weighted by molar-refractivity contribution is 5.66. The summed E-state index contributed by atoms with van der Waals surface area (Å²) in [7, 11) is 0. The summed E-state index contributed by atoms with van der Waals surface area (Å²) in [6.07, 6.45) is 24.3. The van der Waals surface area contributed by atoms with Gasteiger partial charge in [-0.1, -0.05) is 123 Å². The van der Waals surface area contributed by atoms with Gasteiger partial charge in [0.2, 0.25) is 0 Å². The van der Waals surface area contributed by atoms with Crippen LogP contribution in [0.15, 0.2) is 0 Å². The lowest BCUT2D eigenvalue weighted by molar-refractivity contribution is -0.137. The number of carboxylic acid groups (broad SMARTS) is 1. The van der Waals surface area contributed by atoms with Crippen LogP contribution in [-0.2, 0) is 4.79 Å². The second-order valence-electron chi connectivity index (χ2n) is 7.97. The smallest absolute Gasteiger partial charge is 0.303 e. The Morgan fingerprint density at radius 1 is 0.600 bits per heavy atom. The highest BCUT2D eigenvalue weighted by Crippen LogP contribution is 2.24. The molecule has 25 heavy (non-hydrogen) atoms. The van der Waals surface area contributed by atoms with E-state index in [1.54, 1.807) is 0 Å². The number of rotatable bonds is 20. The zero-order valence-corrected chi connectivity index (χ0v) is 17.4. The Morgan fingerprint density at radius 2 is 0.960 bits per heavy atom. The first-order chi connectivity index (χ1) is 12.2. The second-order valence-corrected chi connectivity index (χ2v) is 7.97. The van der Waals surface area contributed by atoms with E-state index in [1.807, 2.05) is 0 Å². The highest BCUT2D eigenvalue weighted by atomic mass is 16.4. The Hall–Kier alpha value is -0.530. The number of carbonyl (C=O) groups is 1. The van der Waals surface area contributed by atoms with E-state index in [0.29, 0.717) is 6.42 Å². The average Bonchev–Trinajstić information content (AvgIpc) is 2.59. The second kappa shape index (κ2) is 19.8. The number of hydrogen-bond donors (Lipinski definition) is 1. The van der Waals surface area contributed by atoms with E-state index < -0.39 is 5.97 Å². The van der Waals surface area contributed by atoms with Crippen LogP contribution in [0.5, 0.6) is 0 Å². The third kappa shape index (κ3) is 19.6. The van der Waals surface area contributed by atoms with Crippen LogP contribution in [0, 0.1) is 5.92 Å². The van der Waals surface area contributed by atoms with Gasteiger partial charge in [0.05, 0.1) is 0 Å². The highest BCUT2D eigenvalue weighted by Gasteiger charge is 2.09. The van der Waals surface area contributed by atoms with Gasteiger partial charge >= 0.3 is 5.97 Å². The maximum Gasteiger partial charge on any atom is 0.303 e. The molecule has 1 unspecified atom stereocenters. The maximum absolute atomic E-state index is 10.6. The monoisotopic (exact) mass is 354 g/mol. The molecule has 0 aliphatic carbocycles. The minimum absolute atomic E-state index is 0.348. The molecule has 2 nitrogen and oxygen atoms in total. The van der Waals surface area contributed by atoms with Crippen molar-refractivity contribution in [3.63, 3.8) is 0 Å². The summed E-state index contributed by atoms with van der Waals surface area (Å²) in [6, 6.07) is 0.